The Morgan fingerprint density at radius 2 is 1.48 bits per heavy atom. The van der Waals surface area contributed by atoms with Crippen LogP contribution in [0.5, 0.6) is 0 Å². The fourth-order valence-corrected chi connectivity index (χ4v) is 8.00. The first-order valence-corrected chi connectivity index (χ1v) is 10.7. The van der Waals surface area contributed by atoms with Crippen molar-refractivity contribution >= 4 is 24.5 Å². The molecule has 0 saturated heterocycles. The van der Waals surface area contributed by atoms with Crippen molar-refractivity contribution < 1.29 is 18.4 Å². The number of benzene rings is 2. The number of alkyl halides is 2. The summed E-state index contributed by atoms with van der Waals surface area (Å²) in [5, 5.41) is 13.0. The molecule has 7 heteroatoms. The summed E-state index contributed by atoms with van der Waals surface area (Å²) >= 11 is 0. The summed E-state index contributed by atoms with van der Waals surface area (Å²) in [6.45, 7) is 6.02. The number of amidine groups is 1. The van der Waals surface area contributed by atoms with Crippen molar-refractivity contribution in [2.75, 3.05) is 0 Å². The van der Waals surface area contributed by atoms with Gasteiger partial charge in [-0.25, -0.2) is 8.78 Å². The second-order valence-electron chi connectivity index (χ2n) is 7.45. The van der Waals surface area contributed by atoms with Gasteiger partial charge in [-0.15, -0.1) is 0 Å². The molecule has 0 aromatic heterocycles. The molecule has 146 valence electrons. The summed E-state index contributed by atoms with van der Waals surface area (Å²) in [5.74, 6) is -0.279. The van der Waals surface area contributed by atoms with Gasteiger partial charge in [-0.1, -0.05) is 86.6 Å². The molecule has 1 atom stereocenters. The van der Waals surface area contributed by atoms with Gasteiger partial charge in [0.15, 0.2) is 0 Å². The smallest absolute Gasteiger partial charge is 0.263 e. The molecule has 4 nitrogen and oxygen atoms in total. The van der Waals surface area contributed by atoms with Crippen LogP contribution in [-0.2, 0) is 4.43 Å². The molecule has 0 bridgehead atoms. The van der Waals surface area contributed by atoms with Crippen molar-refractivity contribution in [3.05, 3.63) is 60.7 Å². The van der Waals surface area contributed by atoms with E-state index in [1.54, 1.807) is 0 Å². The van der Waals surface area contributed by atoms with Crippen molar-refractivity contribution in [2.45, 2.75) is 44.8 Å². The van der Waals surface area contributed by atoms with E-state index in [-0.39, 0.29) is 12.3 Å². The van der Waals surface area contributed by atoms with E-state index >= 15 is 0 Å². The molecule has 0 radical (unpaired) electrons. The van der Waals surface area contributed by atoms with Crippen LogP contribution in [0.1, 0.15) is 27.2 Å². The molecule has 0 heterocycles. The van der Waals surface area contributed by atoms with Gasteiger partial charge in [-0.05, 0) is 15.4 Å². The number of oxime groups is 1. The zero-order chi connectivity index (χ0) is 20.1. The van der Waals surface area contributed by atoms with E-state index in [1.807, 2.05) is 81.4 Å². The van der Waals surface area contributed by atoms with Gasteiger partial charge in [0.2, 0.25) is 0 Å². The van der Waals surface area contributed by atoms with Gasteiger partial charge < -0.3 is 15.4 Å². The number of hydrogen-bond donors (Lipinski definition) is 2. The molecule has 27 heavy (non-hydrogen) atoms. The second-order valence-corrected chi connectivity index (χ2v) is 11.7. The van der Waals surface area contributed by atoms with Crippen LogP contribution in [0, 0.1) is 0 Å². The number of halogens is 2. The van der Waals surface area contributed by atoms with Crippen molar-refractivity contribution in [3.8, 4) is 0 Å². The van der Waals surface area contributed by atoms with Gasteiger partial charge in [-0.2, -0.15) is 0 Å². The Morgan fingerprint density at radius 3 is 1.81 bits per heavy atom. The lowest BCUT2D eigenvalue weighted by atomic mass is 10.2. The number of nitrogens with zero attached hydrogens (tertiary/aromatic N) is 1. The summed E-state index contributed by atoms with van der Waals surface area (Å²) in [6.07, 6.45) is -4.60. The maximum atomic E-state index is 13.9. The Hall–Kier alpha value is -2.25. The fraction of sp³-hybridized carbons (Fsp3) is 0.350. The number of hydrogen-bond acceptors (Lipinski definition) is 3. The van der Waals surface area contributed by atoms with E-state index < -0.39 is 25.9 Å². The minimum Gasteiger partial charge on any atom is -0.409 e. The molecule has 2 rings (SSSR count). The van der Waals surface area contributed by atoms with Crippen LogP contribution in [0.25, 0.3) is 0 Å². The molecule has 1 unspecified atom stereocenters. The maximum Gasteiger partial charge on any atom is 0.263 e. The topological polar surface area (TPSA) is 67.8 Å². The molecule has 2 aromatic rings. The number of rotatable bonds is 7. The van der Waals surface area contributed by atoms with E-state index in [9.17, 15) is 8.78 Å². The summed E-state index contributed by atoms with van der Waals surface area (Å²) in [7, 11) is -3.13. The Labute approximate surface area is 159 Å². The Kier molecular flexibility index (Phi) is 6.72. The molecule has 0 aliphatic heterocycles. The van der Waals surface area contributed by atoms with Crippen molar-refractivity contribution in [1.29, 1.82) is 0 Å². The summed E-state index contributed by atoms with van der Waals surface area (Å²) in [4.78, 5) is 0. The van der Waals surface area contributed by atoms with Gasteiger partial charge in [-0.3, -0.25) is 0 Å². The van der Waals surface area contributed by atoms with E-state index in [0.717, 1.165) is 10.4 Å². The summed E-state index contributed by atoms with van der Waals surface area (Å²) in [6, 6.07) is 19.0. The van der Waals surface area contributed by atoms with Gasteiger partial charge in [0, 0.05) is 6.42 Å². The van der Waals surface area contributed by atoms with E-state index in [1.165, 1.54) is 0 Å². The fourth-order valence-electron chi connectivity index (χ4n) is 3.35. The van der Waals surface area contributed by atoms with Crippen LogP contribution in [0.15, 0.2) is 65.8 Å². The zero-order valence-corrected chi connectivity index (χ0v) is 16.8. The van der Waals surface area contributed by atoms with Crippen LogP contribution < -0.4 is 16.1 Å². The molecule has 2 aromatic carbocycles. The third kappa shape index (κ3) is 4.54. The molecule has 0 aliphatic rings. The lowest BCUT2D eigenvalue weighted by molar-refractivity contribution is 0.00976. The van der Waals surface area contributed by atoms with Crippen molar-refractivity contribution in [1.82, 2.24) is 0 Å². The standard InChI is InChI=1S/C20H26F2N2O2Si/c1-20(2,3)27(15-10-6-4-7-11-15,16-12-8-5-9-13-16)26-17(19(21)22)14-18(23)24-25/h4-13,17,19,25H,14H2,1-3H3,(H2,23,24). The lowest BCUT2D eigenvalue weighted by Gasteiger charge is -2.45. The van der Waals surface area contributed by atoms with Crippen LogP contribution in [0.4, 0.5) is 8.78 Å². The van der Waals surface area contributed by atoms with Crippen molar-refractivity contribution in [2.24, 2.45) is 10.9 Å². The molecular formula is C20H26F2N2O2Si. The first kappa shape index (κ1) is 21.1. The highest BCUT2D eigenvalue weighted by atomic mass is 28.4. The average Bonchev–Trinajstić information content (AvgIpc) is 2.65. The monoisotopic (exact) mass is 392 g/mol. The molecule has 0 amide bonds. The van der Waals surface area contributed by atoms with E-state index in [0.29, 0.717) is 0 Å². The van der Waals surface area contributed by atoms with Gasteiger partial charge >= 0.3 is 0 Å². The molecule has 3 N–H and O–H groups in total. The van der Waals surface area contributed by atoms with Crippen molar-refractivity contribution in [3.63, 3.8) is 0 Å². The Balaban J connectivity index is 2.68. The highest BCUT2D eigenvalue weighted by molar-refractivity contribution is 6.99. The molecule has 0 aliphatic carbocycles. The minimum atomic E-state index is -3.13. The predicted molar refractivity (Wildman–Crippen MR) is 107 cm³/mol. The average molecular weight is 393 g/mol. The van der Waals surface area contributed by atoms with Gasteiger partial charge in [0.25, 0.3) is 14.7 Å². The Bertz CT molecular complexity index is 710. The third-order valence-electron chi connectivity index (χ3n) is 4.56. The van der Waals surface area contributed by atoms with Crippen LogP contribution in [0.2, 0.25) is 5.04 Å². The SMILES string of the molecule is CC(C)(C)[Si](OC(C/C(N)=N/O)C(F)F)(c1ccccc1)c1ccccc1. The lowest BCUT2D eigenvalue weighted by Crippen LogP contribution is -2.68. The first-order valence-electron chi connectivity index (χ1n) is 8.76. The maximum absolute atomic E-state index is 13.9. The normalized spacial score (nSPS) is 14.4. The molecular weight excluding hydrogens is 366 g/mol. The van der Waals surface area contributed by atoms with E-state index in [4.69, 9.17) is 15.4 Å². The van der Waals surface area contributed by atoms with E-state index in [2.05, 4.69) is 5.16 Å². The largest absolute Gasteiger partial charge is 0.409 e. The van der Waals surface area contributed by atoms with Gasteiger partial charge in [0.05, 0.1) is 0 Å². The highest BCUT2D eigenvalue weighted by Crippen LogP contribution is 2.38. The summed E-state index contributed by atoms with van der Waals surface area (Å²) < 4.78 is 34.0. The molecule has 0 spiro atoms. The first-order chi connectivity index (χ1) is 12.7. The second kappa shape index (κ2) is 8.62. The van der Waals surface area contributed by atoms with Crippen LogP contribution in [-0.4, -0.2) is 31.9 Å². The highest BCUT2D eigenvalue weighted by Gasteiger charge is 2.52. The number of nitrogens with two attached hydrogens (primary N) is 1. The minimum absolute atomic E-state index is 0.279. The van der Waals surface area contributed by atoms with Crippen LogP contribution >= 0.6 is 0 Å². The Morgan fingerprint density at radius 1 is 1.04 bits per heavy atom. The molecule has 0 fully saturated rings. The predicted octanol–water partition coefficient (Wildman–Crippen LogP) is 3.33. The third-order valence-corrected chi connectivity index (χ3v) is 9.63. The van der Waals surface area contributed by atoms with Crippen LogP contribution in [0.3, 0.4) is 0 Å². The van der Waals surface area contributed by atoms with Gasteiger partial charge in [0.1, 0.15) is 11.9 Å². The summed E-state index contributed by atoms with van der Waals surface area (Å²) in [5.41, 5.74) is 5.52. The quantitative estimate of drug-likeness (QED) is 0.250. The zero-order valence-electron chi connectivity index (χ0n) is 15.8. The molecule has 0 saturated carbocycles.